The first-order valence-electron chi connectivity index (χ1n) is 9.28. The lowest BCUT2D eigenvalue weighted by Crippen LogP contribution is -2.46. The molecule has 0 fully saturated rings. The fourth-order valence-electron chi connectivity index (χ4n) is 3.06. The summed E-state index contributed by atoms with van der Waals surface area (Å²) in [5.41, 5.74) is 0.636. The van der Waals surface area contributed by atoms with Gasteiger partial charge in [0.15, 0.2) is 23.0 Å². The minimum atomic E-state index is -0.741. The van der Waals surface area contributed by atoms with E-state index in [0.717, 1.165) is 0 Å². The summed E-state index contributed by atoms with van der Waals surface area (Å²) < 4.78 is 22.8. The van der Waals surface area contributed by atoms with E-state index in [1.807, 2.05) is 49.4 Å². The molecule has 1 heterocycles. The standard InChI is InChI=1S/C23H21NO5/c1-15-22(29-21-10-6-5-9-20(21)27-15)23(25)24-16-11-13-17(14-12-16)28-19-8-4-3-7-18(19)26-2/h3-15,22H,1-2H3,(H,24,25)/t15-,22-/m1/s1. The Morgan fingerprint density at radius 2 is 1.48 bits per heavy atom. The molecular weight excluding hydrogens is 370 g/mol. The van der Waals surface area contributed by atoms with Gasteiger partial charge in [-0.05, 0) is 55.5 Å². The molecule has 2 atom stereocenters. The van der Waals surface area contributed by atoms with E-state index in [4.69, 9.17) is 18.9 Å². The van der Waals surface area contributed by atoms with Crippen LogP contribution in [0.4, 0.5) is 5.69 Å². The normalized spacial score (nSPS) is 17.3. The van der Waals surface area contributed by atoms with Crippen molar-refractivity contribution < 1.29 is 23.7 Å². The molecule has 1 N–H and O–H groups in total. The van der Waals surface area contributed by atoms with Crippen molar-refractivity contribution in [1.29, 1.82) is 0 Å². The van der Waals surface area contributed by atoms with Crippen molar-refractivity contribution in [2.45, 2.75) is 19.1 Å². The van der Waals surface area contributed by atoms with Gasteiger partial charge in [-0.3, -0.25) is 4.79 Å². The van der Waals surface area contributed by atoms with E-state index in [2.05, 4.69) is 5.32 Å². The summed E-state index contributed by atoms with van der Waals surface area (Å²) in [5, 5.41) is 2.86. The van der Waals surface area contributed by atoms with E-state index in [0.29, 0.717) is 34.4 Å². The second-order valence-electron chi connectivity index (χ2n) is 6.57. The Labute approximate surface area is 169 Å². The maximum Gasteiger partial charge on any atom is 0.269 e. The second-order valence-corrected chi connectivity index (χ2v) is 6.57. The van der Waals surface area contributed by atoms with Crippen LogP contribution in [0.25, 0.3) is 0 Å². The highest BCUT2D eigenvalue weighted by molar-refractivity contribution is 5.95. The summed E-state index contributed by atoms with van der Waals surface area (Å²) in [5.74, 6) is 2.83. The number of rotatable bonds is 5. The predicted molar refractivity (Wildman–Crippen MR) is 109 cm³/mol. The summed E-state index contributed by atoms with van der Waals surface area (Å²) in [6, 6.07) is 21.8. The van der Waals surface area contributed by atoms with Crippen molar-refractivity contribution in [3.63, 3.8) is 0 Å². The lowest BCUT2D eigenvalue weighted by atomic mass is 10.1. The number of methoxy groups -OCH3 is 1. The van der Waals surface area contributed by atoms with E-state index in [1.165, 1.54) is 0 Å². The van der Waals surface area contributed by atoms with Gasteiger partial charge in [0.05, 0.1) is 7.11 Å². The number of hydrogen-bond acceptors (Lipinski definition) is 5. The number of carbonyl (C=O) groups is 1. The van der Waals surface area contributed by atoms with Crippen LogP contribution in [-0.2, 0) is 4.79 Å². The van der Waals surface area contributed by atoms with Gasteiger partial charge < -0.3 is 24.3 Å². The molecule has 4 rings (SSSR count). The summed E-state index contributed by atoms with van der Waals surface area (Å²) in [6.45, 7) is 1.81. The highest BCUT2D eigenvalue weighted by Gasteiger charge is 2.34. The molecule has 0 aromatic heterocycles. The summed E-state index contributed by atoms with van der Waals surface area (Å²) in [6.07, 6.45) is -1.15. The number of amides is 1. The van der Waals surface area contributed by atoms with Crippen LogP contribution in [0.15, 0.2) is 72.8 Å². The second kappa shape index (κ2) is 8.14. The fourth-order valence-corrected chi connectivity index (χ4v) is 3.06. The Hall–Kier alpha value is -3.67. The Bertz CT molecular complexity index is 1000. The van der Waals surface area contributed by atoms with Gasteiger partial charge in [0.1, 0.15) is 11.9 Å². The van der Waals surface area contributed by atoms with E-state index < -0.39 is 12.2 Å². The van der Waals surface area contributed by atoms with Gasteiger partial charge in [-0.1, -0.05) is 24.3 Å². The van der Waals surface area contributed by atoms with Gasteiger partial charge in [0, 0.05) is 5.69 Å². The number of ether oxygens (including phenoxy) is 4. The number of benzene rings is 3. The molecule has 0 spiro atoms. The zero-order valence-corrected chi connectivity index (χ0v) is 16.1. The van der Waals surface area contributed by atoms with Crippen LogP contribution < -0.4 is 24.3 Å². The van der Waals surface area contributed by atoms with E-state index in [-0.39, 0.29) is 5.91 Å². The van der Waals surface area contributed by atoms with E-state index in [9.17, 15) is 4.79 Å². The van der Waals surface area contributed by atoms with Crippen molar-refractivity contribution in [3.05, 3.63) is 72.8 Å². The first-order valence-corrected chi connectivity index (χ1v) is 9.28. The average Bonchev–Trinajstić information content (AvgIpc) is 2.75. The topological polar surface area (TPSA) is 66.0 Å². The molecule has 0 saturated carbocycles. The molecule has 3 aromatic carbocycles. The van der Waals surface area contributed by atoms with Crippen molar-refractivity contribution in [2.75, 3.05) is 12.4 Å². The Morgan fingerprint density at radius 1 is 0.862 bits per heavy atom. The Balaban J connectivity index is 1.42. The molecule has 29 heavy (non-hydrogen) atoms. The minimum Gasteiger partial charge on any atom is -0.493 e. The molecule has 1 aliphatic heterocycles. The van der Waals surface area contributed by atoms with E-state index >= 15 is 0 Å². The monoisotopic (exact) mass is 391 g/mol. The predicted octanol–water partition coefficient (Wildman–Crippen LogP) is 4.65. The molecule has 0 aliphatic carbocycles. The molecule has 6 nitrogen and oxygen atoms in total. The highest BCUT2D eigenvalue weighted by Crippen LogP contribution is 2.34. The first-order chi connectivity index (χ1) is 14.1. The summed E-state index contributed by atoms with van der Waals surface area (Å²) in [4.78, 5) is 12.7. The van der Waals surface area contributed by atoms with Crippen LogP contribution in [0.5, 0.6) is 28.7 Å². The van der Waals surface area contributed by atoms with Crippen molar-refractivity contribution in [2.24, 2.45) is 0 Å². The molecule has 1 aliphatic rings. The minimum absolute atomic E-state index is 0.273. The van der Waals surface area contributed by atoms with Crippen LogP contribution in [-0.4, -0.2) is 25.2 Å². The third kappa shape index (κ3) is 4.11. The first kappa shape index (κ1) is 18.7. The number of anilines is 1. The average molecular weight is 391 g/mol. The lowest BCUT2D eigenvalue weighted by molar-refractivity contribution is -0.128. The largest absolute Gasteiger partial charge is 0.493 e. The smallest absolute Gasteiger partial charge is 0.269 e. The van der Waals surface area contributed by atoms with E-state index in [1.54, 1.807) is 37.4 Å². The number of hydrogen-bond donors (Lipinski definition) is 1. The molecule has 1 amide bonds. The van der Waals surface area contributed by atoms with Crippen molar-refractivity contribution in [1.82, 2.24) is 0 Å². The SMILES string of the molecule is COc1ccccc1Oc1ccc(NC(=O)[C@@H]2Oc3ccccc3O[C@@H]2C)cc1. The van der Waals surface area contributed by atoms with Crippen LogP contribution in [0, 0.1) is 0 Å². The van der Waals surface area contributed by atoms with Gasteiger partial charge in [0.25, 0.3) is 5.91 Å². The number of carbonyl (C=O) groups excluding carboxylic acids is 1. The van der Waals surface area contributed by atoms with Gasteiger partial charge in [0.2, 0.25) is 6.10 Å². The summed E-state index contributed by atoms with van der Waals surface area (Å²) in [7, 11) is 1.59. The summed E-state index contributed by atoms with van der Waals surface area (Å²) >= 11 is 0. The molecular formula is C23H21NO5. The zero-order chi connectivity index (χ0) is 20.2. The lowest BCUT2D eigenvalue weighted by Gasteiger charge is -2.31. The third-order valence-electron chi connectivity index (χ3n) is 4.52. The van der Waals surface area contributed by atoms with Crippen LogP contribution >= 0.6 is 0 Å². The van der Waals surface area contributed by atoms with Crippen LogP contribution in [0.2, 0.25) is 0 Å². The quantitative estimate of drug-likeness (QED) is 0.686. The van der Waals surface area contributed by atoms with Gasteiger partial charge in [-0.25, -0.2) is 0 Å². The van der Waals surface area contributed by atoms with Gasteiger partial charge in [-0.2, -0.15) is 0 Å². The maximum absolute atomic E-state index is 12.7. The van der Waals surface area contributed by atoms with Crippen LogP contribution in [0.3, 0.4) is 0 Å². The molecule has 0 bridgehead atoms. The molecule has 0 radical (unpaired) electrons. The number of para-hydroxylation sites is 4. The van der Waals surface area contributed by atoms with Crippen LogP contribution in [0.1, 0.15) is 6.92 Å². The number of fused-ring (bicyclic) bond motifs is 1. The zero-order valence-electron chi connectivity index (χ0n) is 16.1. The molecule has 148 valence electrons. The van der Waals surface area contributed by atoms with Gasteiger partial charge in [-0.15, -0.1) is 0 Å². The molecule has 6 heteroatoms. The maximum atomic E-state index is 12.7. The highest BCUT2D eigenvalue weighted by atomic mass is 16.6. The third-order valence-corrected chi connectivity index (χ3v) is 4.52. The Morgan fingerprint density at radius 3 is 2.17 bits per heavy atom. The van der Waals surface area contributed by atoms with Crippen molar-refractivity contribution >= 4 is 11.6 Å². The number of nitrogens with one attached hydrogen (secondary N) is 1. The van der Waals surface area contributed by atoms with Gasteiger partial charge >= 0.3 is 0 Å². The Kier molecular flexibility index (Phi) is 5.24. The molecule has 0 unspecified atom stereocenters. The molecule has 3 aromatic rings. The molecule has 0 saturated heterocycles. The van der Waals surface area contributed by atoms with Crippen molar-refractivity contribution in [3.8, 4) is 28.7 Å². The fraction of sp³-hybridized carbons (Fsp3) is 0.174.